The number of aliphatic hydroxyl groups is 1. The lowest BCUT2D eigenvalue weighted by atomic mass is 10.1. The minimum absolute atomic E-state index is 0.0752. The molecular weight excluding hydrogens is 330 g/mol. The molecule has 10 heteroatoms. The second-order valence-corrected chi connectivity index (χ2v) is 5.84. The van der Waals surface area contributed by atoms with Gasteiger partial charge in [-0.1, -0.05) is 5.11 Å². The number of aliphatic hydroxyl groups excluding tert-OH is 1. The van der Waals surface area contributed by atoms with E-state index in [0.29, 0.717) is 11.1 Å². The molecule has 25 heavy (non-hydrogen) atoms. The van der Waals surface area contributed by atoms with Crippen LogP contribution in [0.4, 0.5) is 0 Å². The molecule has 3 rings (SSSR count). The number of hydrogen-bond donors (Lipinski definition) is 1. The van der Waals surface area contributed by atoms with Crippen LogP contribution in [0.5, 0.6) is 0 Å². The van der Waals surface area contributed by atoms with Crippen LogP contribution in [-0.2, 0) is 11.3 Å². The van der Waals surface area contributed by atoms with Crippen LogP contribution in [0.3, 0.4) is 0 Å². The smallest absolute Gasteiger partial charge is 0.333 e. The van der Waals surface area contributed by atoms with E-state index in [0.717, 1.165) is 4.57 Å². The Hall–Kier alpha value is -2.81. The monoisotopic (exact) mass is 347 g/mol. The van der Waals surface area contributed by atoms with Crippen LogP contribution >= 0.6 is 0 Å². The van der Waals surface area contributed by atoms with Crippen LogP contribution < -0.4 is 11.2 Å². The predicted molar refractivity (Wildman–Crippen MR) is 86.1 cm³/mol. The van der Waals surface area contributed by atoms with Crippen LogP contribution in [0.2, 0.25) is 0 Å². The highest BCUT2D eigenvalue weighted by Crippen LogP contribution is 2.29. The van der Waals surface area contributed by atoms with Crippen molar-refractivity contribution in [1.82, 2.24) is 9.13 Å². The lowest BCUT2D eigenvalue weighted by molar-refractivity contribution is -0.0277. The number of nitrogens with zero attached hydrogens (tertiary/aromatic N) is 5. The number of ether oxygens (including phenoxy) is 1. The number of aromatic nitrogens is 2. The molecule has 132 valence electrons. The van der Waals surface area contributed by atoms with Crippen molar-refractivity contribution >= 4 is 0 Å². The highest BCUT2D eigenvalue weighted by Gasteiger charge is 2.36. The van der Waals surface area contributed by atoms with Crippen molar-refractivity contribution < 1.29 is 14.3 Å². The van der Waals surface area contributed by atoms with Gasteiger partial charge >= 0.3 is 5.69 Å². The third-order valence-corrected chi connectivity index (χ3v) is 4.18. The molecule has 0 saturated carbocycles. The summed E-state index contributed by atoms with van der Waals surface area (Å²) >= 11 is 0. The third kappa shape index (κ3) is 3.22. The SMILES string of the molecule is Cc1cn([C@H]2C[C@H](N=[N+]=[N-])[C@@H](CO)O2)c(=O)n(Cc2ccoc2)c1=O. The molecule has 0 unspecified atom stereocenters. The maximum Gasteiger partial charge on any atom is 0.333 e. The summed E-state index contributed by atoms with van der Waals surface area (Å²) in [5.41, 5.74) is 8.74. The third-order valence-electron chi connectivity index (χ3n) is 4.18. The molecule has 0 bridgehead atoms. The first kappa shape index (κ1) is 17.0. The minimum atomic E-state index is -0.727. The van der Waals surface area contributed by atoms with Crippen molar-refractivity contribution in [2.75, 3.05) is 6.61 Å². The Bertz CT molecular complexity index is 909. The fourth-order valence-corrected chi connectivity index (χ4v) is 2.91. The van der Waals surface area contributed by atoms with E-state index in [2.05, 4.69) is 10.0 Å². The Morgan fingerprint density at radius 1 is 1.48 bits per heavy atom. The summed E-state index contributed by atoms with van der Waals surface area (Å²) in [5.74, 6) is 0. The van der Waals surface area contributed by atoms with Crippen molar-refractivity contribution in [3.8, 4) is 0 Å². The molecule has 2 aromatic heterocycles. The molecule has 3 atom stereocenters. The number of furan rings is 1. The largest absolute Gasteiger partial charge is 0.472 e. The zero-order valence-corrected chi connectivity index (χ0v) is 13.5. The van der Waals surface area contributed by atoms with E-state index in [1.165, 1.54) is 23.3 Å². The van der Waals surface area contributed by atoms with Gasteiger partial charge in [-0.15, -0.1) is 0 Å². The molecule has 1 saturated heterocycles. The standard InChI is InChI=1S/C15H17N5O5/c1-9-5-19(13-4-11(17-18-16)12(7-21)25-13)15(23)20(14(9)22)6-10-2-3-24-8-10/h2-3,5,8,11-13,21H,4,6-7H2,1H3/t11-,12+,13+/m0/s1. The Morgan fingerprint density at radius 2 is 2.28 bits per heavy atom. The van der Waals surface area contributed by atoms with Gasteiger partial charge in [0.1, 0.15) is 6.23 Å². The molecule has 1 fully saturated rings. The summed E-state index contributed by atoms with van der Waals surface area (Å²) in [7, 11) is 0. The van der Waals surface area contributed by atoms with Gasteiger partial charge in [0.15, 0.2) is 0 Å². The second kappa shape index (κ2) is 6.98. The first-order valence-corrected chi connectivity index (χ1v) is 7.69. The first-order chi connectivity index (χ1) is 12.0. The lowest BCUT2D eigenvalue weighted by Crippen LogP contribution is -2.42. The van der Waals surface area contributed by atoms with E-state index in [-0.39, 0.29) is 19.6 Å². The Labute approximate surface area is 141 Å². The summed E-state index contributed by atoms with van der Waals surface area (Å²) in [6.45, 7) is 1.35. The van der Waals surface area contributed by atoms with Gasteiger partial charge in [-0.3, -0.25) is 13.9 Å². The predicted octanol–water partition coefficient (Wildman–Crippen LogP) is 0.918. The van der Waals surface area contributed by atoms with Crippen molar-refractivity contribution in [3.05, 3.63) is 67.2 Å². The van der Waals surface area contributed by atoms with Crippen molar-refractivity contribution in [2.45, 2.75) is 38.3 Å². The fraction of sp³-hybridized carbons (Fsp3) is 0.467. The summed E-state index contributed by atoms with van der Waals surface area (Å²) < 4.78 is 13.0. The van der Waals surface area contributed by atoms with E-state index in [1.54, 1.807) is 13.0 Å². The van der Waals surface area contributed by atoms with E-state index in [4.69, 9.17) is 14.7 Å². The van der Waals surface area contributed by atoms with Gasteiger partial charge in [-0.2, -0.15) is 0 Å². The van der Waals surface area contributed by atoms with Crippen LogP contribution in [0, 0.1) is 6.92 Å². The lowest BCUT2D eigenvalue weighted by Gasteiger charge is -2.17. The maximum atomic E-state index is 12.8. The van der Waals surface area contributed by atoms with Gasteiger partial charge in [-0.25, -0.2) is 4.79 Å². The van der Waals surface area contributed by atoms with Crippen LogP contribution in [0.1, 0.15) is 23.8 Å². The molecule has 0 amide bonds. The first-order valence-electron chi connectivity index (χ1n) is 7.69. The van der Waals surface area contributed by atoms with E-state index < -0.39 is 29.6 Å². The highest BCUT2D eigenvalue weighted by atomic mass is 16.5. The Morgan fingerprint density at radius 3 is 2.92 bits per heavy atom. The molecule has 0 spiro atoms. The van der Waals surface area contributed by atoms with Crippen LogP contribution in [0.25, 0.3) is 10.4 Å². The molecule has 1 aliphatic rings. The van der Waals surface area contributed by atoms with E-state index in [9.17, 15) is 14.7 Å². The molecule has 0 aromatic carbocycles. The summed E-state index contributed by atoms with van der Waals surface area (Å²) in [5, 5.41) is 13.0. The van der Waals surface area contributed by atoms with Crippen LogP contribution in [-0.4, -0.2) is 33.0 Å². The highest BCUT2D eigenvalue weighted by molar-refractivity contribution is 5.10. The maximum absolute atomic E-state index is 12.8. The molecule has 3 heterocycles. The normalized spacial score (nSPS) is 22.7. The molecule has 10 nitrogen and oxygen atoms in total. The number of rotatable bonds is 5. The quantitative estimate of drug-likeness (QED) is 0.487. The summed E-state index contributed by atoms with van der Waals surface area (Å²) in [6, 6.07) is 1.09. The van der Waals surface area contributed by atoms with Crippen molar-refractivity contribution in [2.24, 2.45) is 5.11 Å². The van der Waals surface area contributed by atoms with Gasteiger partial charge in [0.25, 0.3) is 5.56 Å². The molecule has 0 aliphatic carbocycles. The molecule has 1 N–H and O–H groups in total. The Balaban J connectivity index is 2.00. The van der Waals surface area contributed by atoms with Crippen LogP contribution in [0.15, 0.2) is 43.9 Å². The average Bonchev–Trinajstić information content (AvgIpc) is 3.25. The van der Waals surface area contributed by atoms with Crippen molar-refractivity contribution in [3.63, 3.8) is 0 Å². The minimum Gasteiger partial charge on any atom is -0.472 e. The van der Waals surface area contributed by atoms with Gasteiger partial charge in [0.2, 0.25) is 0 Å². The van der Waals surface area contributed by atoms with Gasteiger partial charge in [0.05, 0.1) is 37.8 Å². The van der Waals surface area contributed by atoms with Crippen molar-refractivity contribution in [1.29, 1.82) is 0 Å². The second-order valence-electron chi connectivity index (χ2n) is 5.84. The molecule has 0 radical (unpaired) electrons. The topological polar surface area (TPSA) is 135 Å². The molecular formula is C15H17N5O5. The zero-order valence-electron chi connectivity index (χ0n) is 13.5. The number of aryl methyl sites for hydroxylation is 1. The number of hydrogen-bond acceptors (Lipinski definition) is 6. The average molecular weight is 347 g/mol. The molecule has 2 aromatic rings. The summed E-state index contributed by atoms with van der Waals surface area (Å²) in [6.07, 6.45) is 3.17. The Kier molecular flexibility index (Phi) is 4.75. The van der Waals surface area contributed by atoms with E-state index in [1.807, 2.05) is 0 Å². The van der Waals surface area contributed by atoms with Gasteiger partial charge < -0.3 is 14.3 Å². The summed E-state index contributed by atoms with van der Waals surface area (Å²) in [4.78, 5) is 27.9. The number of azide groups is 1. The molecule has 1 aliphatic heterocycles. The van der Waals surface area contributed by atoms with E-state index >= 15 is 0 Å². The van der Waals surface area contributed by atoms with Gasteiger partial charge in [0, 0.05) is 28.7 Å². The fourth-order valence-electron chi connectivity index (χ4n) is 2.91. The van der Waals surface area contributed by atoms with Gasteiger partial charge in [-0.05, 0) is 18.5 Å². The zero-order chi connectivity index (χ0) is 18.0.